The van der Waals surface area contributed by atoms with Crippen molar-refractivity contribution in [3.05, 3.63) is 24.3 Å². The highest BCUT2D eigenvalue weighted by molar-refractivity contribution is 5.74. The summed E-state index contributed by atoms with van der Waals surface area (Å²) in [5, 5.41) is 7.75. The van der Waals surface area contributed by atoms with Crippen LogP contribution in [0.15, 0.2) is 28.9 Å². The molecule has 3 aromatic rings. The van der Waals surface area contributed by atoms with E-state index in [0.717, 1.165) is 62.2 Å². The fraction of sp³-hybridized carbons (Fsp3) is 0.500. The van der Waals surface area contributed by atoms with Gasteiger partial charge in [0.25, 0.3) is 0 Å². The molecule has 2 aliphatic heterocycles. The second-order valence-corrected chi connectivity index (χ2v) is 7.34. The average Bonchev–Trinajstić information content (AvgIpc) is 3.27. The molecule has 5 rings (SSSR count). The van der Waals surface area contributed by atoms with Crippen molar-refractivity contribution in [3.63, 3.8) is 0 Å². The van der Waals surface area contributed by atoms with Crippen LogP contribution in [0.4, 0.5) is 11.6 Å². The molecule has 0 saturated carbocycles. The third kappa shape index (κ3) is 3.70. The molecule has 2 aromatic heterocycles. The highest BCUT2D eigenvalue weighted by Crippen LogP contribution is 2.32. The molecule has 158 valence electrons. The van der Waals surface area contributed by atoms with E-state index in [4.69, 9.17) is 28.8 Å². The van der Waals surface area contributed by atoms with Crippen LogP contribution in [0.25, 0.3) is 11.3 Å². The van der Waals surface area contributed by atoms with Crippen LogP contribution < -0.4 is 19.3 Å². The SMILES string of the molecule is COc1ccccc1OC1CCN(c2nc3nonc3nc2N2CCOCC2)CC1. The molecule has 0 atom stereocenters. The first-order valence-electron chi connectivity index (χ1n) is 10.2. The molecule has 2 aliphatic rings. The van der Waals surface area contributed by atoms with Crippen molar-refractivity contribution >= 4 is 22.9 Å². The molecule has 2 fully saturated rings. The van der Waals surface area contributed by atoms with Gasteiger partial charge in [-0.3, -0.25) is 0 Å². The molecule has 10 heteroatoms. The van der Waals surface area contributed by atoms with E-state index < -0.39 is 0 Å². The number of piperidine rings is 1. The number of hydrogen-bond donors (Lipinski definition) is 0. The maximum absolute atomic E-state index is 6.21. The summed E-state index contributed by atoms with van der Waals surface area (Å²) in [6.07, 6.45) is 1.86. The number of ether oxygens (including phenoxy) is 3. The van der Waals surface area contributed by atoms with E-state index in [-0.39, 0.29) is 6.10 Å². The smallest absolute Gasteiger partial charge is 0.245 e. The predicted octanol–water partition coefficient (Wildman–Crippen LogP) is 1.91. The van der Waals surface area contributed by atoms with Crippen molar-refractivity contribution in [2.45, 2.75) is 18.9 Å². The van der Waals surface area contributed by atoms with Gasteiger partial charge in [-0.25, -0.2) is 14.6 Å². The lowest BCUT2D eigenvalue weighted by Gasteiger charge is -2.36. The van der Waals surface area contributed by atoms with Gasteiger partial charge < -0.3 is 24.0 Å². The van der Waals surface area contributed by atoms with Crippen LogP contribution in [0.2, 0.25) is 0 Å². The molecule has 10 nitrogen and oxygen atoms in total. The van der Waals surface area contributed by atoms with E-state index in [1.54, 1.807) is 7.11 Å². The van der Waals surface area contributed by atoms with Crippen LogP contribution >= 0.6 is 0 Å². The number of methoxy groups -OCH3 is 1. The Labute approximate surface area is 173 Å². The molecule has 0 bridgehead atoms. The summed E-state index contributed by atoms with van der Waals surface area (Å²) < 4.78 is 21.9. The second kappa shape index (κ2) is 8.31. The highest BCUT2D eigenvalue weighted by atomic mass is 16.6. The largest absolute Gasteiger partial charge is 0.493 e. The van der Waals surface area contributed by atoms with Crippen molar-refractivity contribution in [2.75, 3.05) is 56.3 Å². The molecule has 4 heterocycles. The molecule has 0 N–H and O–H groups in total. The van der Waals surface area contributed by atoms with E-state index in [1.807, 2.05) is 24.3 Å². The molecule has 0 radical (unpaired) electrons. The fourth-order valence-electron chi connectivity index (χ4n) is 3.90. The standard InChI is InChI=1S/C20H24N6O4/c1-27-15-4-2-3-5-16(15)29-14-6-8-25(9-7-14)19-20(26-10-12-28-13-11-26)22-18-17(21-19)23-30-24-18/h2-5,14H,6-13H2,1H3. The molecule has 0 amide bonds. The molecule has 30 heavy (non-hydrogen) atoms. The third-order valence-electron chi connectivity index (χ3n) is 5.49. The van der Waals surface area contributed by atoms with Crippen molar-refractivity contribution < 1.29 is 18.8 Å². The summed E-state index contributed by atoms with van der Waals surface area (Å²) in [7, 11) is 1.66. The van der Waals surface area contributed by atoms with Crippen molar-refractivity contribution in [3.8, 4) is 11.5 Å². The second-order valence-electron chi connectivity index (χ2n) is 7.34. The number of nitrogens with zero attached hydrogens (tertiary/aromatic N) is 6. The molecule has 0 unspecified atom stereocenters. The average molecular weight is 412 g/mol. The zero-order valence-electron chi connectivity index (χ0n) is 16.9. The Morgan fingerprint density at radius 3 is 2.10 bits per heavy atom. The van der Waals surface area contributed by atoms with Crippen LogP contribution in [0, 0.1) is 0 Å². The monoisotopic (exact) mass is 412 g/mol. The van der Waals surface area contributed by atoms with Crippen molar-refractivity contribution in [1.82, 2.24) is 20.3 Å². The van der Waals surface area contributed by atoms with Gasteiger partial charge in [-0.2, -0.15) is 0 Å². The van der Waals surface area contributed by atoms with Gasteiger partial charge in [0, 0.05) is 39.0 Å². The predicted molar refractivity (Wildman–Crippen MR) is 109 cm³/mol. The summed E-state index contributed by atoms with van der Waals surface area (Å²) in [6, 6.07) is 7.75. The van der Waals surface area contributed by atoms with E-state index >= 15 is 0 Å². The Hall–Kier alpha value is -3.14. The van der Waals surface area contributed by atoms with Gasteiger partial charge in [0.2, 0.25) is 11.3 Å². The molecule has 2 saturated heterocycles. The van der Waals surface area contributed by atoms with Gasteiger partial charge in [-0.15, -0.1) is 0 Å². The van der Waals surface area contributed by atoms with E-state index in [2.05, 4.69) is 20.1 Å². The number of benzene rings is 1. The summed E-state index contributed by atoms with van der Waals surface area (Å²) in [4.78, 5) is 13.9. The van der Waals surface area contributed by atoms with E-state index in [0.29, 0.717) is 24.5 Å². The fourth-order valence-corrected chi connectivity index (χ4v) is 3.90. The lowest BCUT2D eigenvalue weighted by molar-refractivity contribution is 0.122. The normalized spacial score (nSPS) is 18.0. The number of rotatable bonds is 5. The van der Waals surface area contributed by atoms with Crippen LogP contribution in [-0.4, -0.2) is 72.9 Å². The molecule has 0 aliphatic carbocycles. The van der Waals surface area contributed by atoms with Gasteiger partial charge in [-0.1, -0.05) is 12.1 Å². The van der Waals surface area contributed by atoms with Crippen LogP contribution in [0.5, 0.6) is 11.5 Å². The molecule has 0 spiro atoms. The first-order valence-corrected chi connectivity index (χ1v) is 10.2. The minimum atomic E-state index is 0.120. The van der Waals surface area contributed by atoms with Crippen LogP contribution in [-0.2, 0) is 4.74 Å². The Kier molecular flexibility index (Phi) is 5.22. The summed E-state index contributed by atoms with van der Waals surface area (Å²) in [5.41, 5.74) is 0.851. The Morgan fingerprint density at radius 2 is 1.47 bits per heavy atom. The van der Waals surface area contributed by atoms with Crippen LogP contribution in [0.1, 0.15) is 12.8 Å². The minimum Gasteiger partial charge on any atom is -0.493 e. The molecule has 1 aromatic carbocycles. The highest BCUT2D eigenvalue weighted by Gasteiger charge is 2.28. The van der Waals surface area contributed by atoms with Gasteiger partial charge in [0.15, 0.2) is 23.1 Å². The Balaban J connectivity index is 1.34. The number of morpholine rings is 1. The molecular weight excluding hydrogens is 388 g/mol. The number of para-hydroxylation sites is 2. The Bertz CT molecular complexity index is 998. The lowest BCUT2D eigenvalue weighted by Crippen LogP contribution is -2.42. The number of fused-ring (bicyclic) bond motifs is 1. The number of anilines is 2. The van der Waals surface area contributed by atoms with Crippen molar-refractivity contribution in [2.24, 2.45) is 0 Å². The minimum absolute atomic E-state index is 0.120. The van der Waals surface area contributed by atoms with E-state index in [9.17, 15) is 0 Å². The summed E-state index contributed by atoms with van der Waals surface area (Å²) in [5.74, 6) is 3.16. The van der Waals surface area contributed by atoms with Crippen LogP contribution in [0.3, 0.4) is 0 Å². The van der Waals surface area contributed by atoms with Gasteiger partial charge in [0.05, 0.1) is 20.3 Å². The molecular formula is C20H24N6O4. The zero-order chi connectivity index (χ0) is 20.3. The van der Waals surface area contributed by atoms with Gasteiger partial charge >= 0.3 is 0 Å². The van der Waals surface area contributed by atoms with E-state index in [1.165, 1.54) is 0 Å². The number of hydrogen-bond acceptors (Lipinski definition) is 10. The quantitative estimate of drug-likeness (QED) is 0.618. The maximum Gasteiger partial charge on any atom is 0.245 e. The van der Waals surface area contributed by atoms with Gasteiger partial charge in [-0.05, 0) is 22.4 Å². The topological polar surface area (TPSA) is 98.9 Å². The lowest BCUT2D eigenvalue weighted by atomic mass is 10.1. The first-order chi connectivity index (χ1) is 14.8. The summed E-state index contributed by atoms with van der Waals surface area (Å²) in [6.45, 7) is 4.50. The van der Waals surface area contributed by atoms with Gasteiger partial charge in [0.1, 0.15) is 6.10 Å². The maximum atomic E-state index is 6.21. The first kappa shape index (κ1) is 18.9. The number of aromatic nitrogens is 4. The zero-order valence-corrected chi connectivity index (χ0v) is 16.9. The summed E-state index contributed by atoms with van der Waals surface area (Å²) >= 11 is 0. The Morgan fingerprint density at radius 1 is 0.867 bits per heavy atom. The third-order valence-corrected chi connectivity index (χ3v) is 5.49. The van der Waals surface area contributed by atoms with Crippen molar-refractivity contribution in [1.29, 1.82) is 0 Å².